The lowest BCUT2D eigenvalue weighted by atomic mass is 10.1. The third kappa shape index (κ3) is 6.32. The molecule has 8 nitrogen and oxygen atoms in total. The Hall–Kier alpha value is -3.11. The standard InChI is InChI=1S/C25H29N5O3S2/c1-4-17-12-26-23(27-13-17)30(14-20-21(33-16-28-20)18-8-6-5-7-9-18)11-10-19-15-34-24(29-19)35-25(2,3)22(31)32/h5-9,12,15-16H,4,10-11,13-14H2,1-3H3,(H,26,27)(H,31,32). The molecule has 1 aromatic carbocycles. The highest BCUT2D eigenvalue weighted by atomic mass is 32.2. The fourth-order valence-electron chi connectivity index (χ4n) is 3.45. The topological polar surface area (TPSA) is 104 Å². The number of carbonyl (C=O) groups is 1. The van der Waals surface area contributed by atoms with Gasteiger partial charge in [0.05, 0.1) is 18.8 Å². The molecule has 2 N–H and O–H groups in total. The van der Waals surface area contributed by atoms with E-state index in [4.69, 9.17) is 9.41 Å². The van der Waals surface area contributed by atoms with Gasteiger partial charge in [-0.25, -0.2) is 15.0 Å². The number of aliphatic imine (C=N–C) groups is 1. The summed E-state index contributed by atoms with van der Waals surface area (Å²) in [6.07, 6.45) is 5.16. The second-order valence-corrected chi connectivity index (χ2v) is 11.4. The Kier molecular flexibility index (Phi) is 7.92. The first kappa shape index (κ1) is 25.0. The highest BCUT2D eigenvalue weighted by Crippen LogP contribution is 2.34. The maximum atomic E-state index is 11.5. The molecule has 1 aliphatic heterocycles. The van der Waals surface area contributed by atoms with Gasteiger partial charge in [0, 0.05) is 30.1 Å². The monoisotopic (exact) mass is 511 g/mol. The van der Waals surface area contributed by atoms with Gasteiger partial charge >= 0.3 is 5.97 Å². The van der Waals surface area contributed by atoms with Gasteiger partial charge in [-0.05, 0) is 25.8 Å². The average molecular weight is 512 g/mol. The highest BCUT2D eigenvalue weighted by molar-refractivity contribution is 8.03. The minimum absolute atomic E-state index is 0.527. The molecule has 35 heavy (non-hydrogen) atoms. The van der Waals surface area contributed by atoms with Gasteiger partial charge in [0.25, 0.3) is 0 Å². The Morgan fingerprint density at radius 2 is 2.11 bits per heavy atom. The number of aromatic nitrogens is 2. The molecule has 184 valence electrons. The molecule has 0 spiro atoms. The van der Waals surface area contributed by atoms with E-state index in [0.717, 1.165) is 39.4 Å². The van der Waals surface area contributed by atoms with Crippen LogP contribution in [-0.2, 0) is 17.8 Å². The van der Waals surface area contributed by atoms with E-state index in [1.807, 2.05) is 41.9 Å². The number of hydrogen-bond donors (Lipinski definition) is 2. The lowest BCUT2D eigenvalue weighted by Crippen LogP contribution is -2.42. The number of nitrogens with zero attached hydrogens (tertiary/aromatic N) is 4. The Bertz CT molecular complexity index is 1220. The zero-order valence-corrected chi connectivity index (χ0v) is 21.7. The molecule has 0 fully saturated rings. The number of nitrogens with one attached hydrogen (secondary N) is 1. The number of carboxylic acid groups (broad SMARTS) is 1. The van der Waals surface area contributed by atoms with Gasteiger partial charge in [-0.1, -0.05) is 49.0 Å². The SMILES string of the molecule is CCC1=CNC(N(CCc2csc(SC(C)(C)C(=O)O)n2)Cc2ncoc2-c2ccccc2)=NC1. The second-order valence-electron chi connectivity index (χ2n) is 8.63. The van der Waals surface area contributed by atoms with Crippen molar-refractivity contribution in [1.82, 2.24) is 20.2 Å². The molecule has 3 heterocycles. The molecular formula is C25H29N5O3S2. The van der Waals surface area contributed by atoms with Crippen LogP contribution in [0, 0.1) is 0 Å². The summed E-state index contributed by atoms with van der Waals surface area (Å²) in [5, 5.41) is 14.7. The summed E-state index contributed by atoms with van der Waals surface area (Å²) in [5.41, 5.74) is 3.99. The van der Waals surface area contributed by atoms with Crippen molar-refractivity contribution in [3.05, 3.63) is 65.3 Å². The predicted octanol–water partition coefficient (Wildman–Crippen LogP) is 5.05. The number of carboxylic acids is 1. The molecule has 0 aliphatic carbocycles. The first-order valence-corrected chi connectivity index (χ1v) is 13.1. The largest absolute Gasteiger partial charge is 0.480 e. The first-order chi connectivity index (χ1) is 16.9. The Morgan fingerprint density at radius 1 is 1.31 bits per heavy atom. The normalized spacial score (nSPS) is 13.7. The van der Waals surface area contributed by atoms with E-state index in [1.54, 1.807) is 13.8 Å². The van der Waals surface area contributed by atoms with E-state index in [1.165, 1.54) is 35.1 Å². The summed E-state index contributed by atoms with van der Waals surface area (Å²) in [7, 11) is 0. The number of rotatable bonds is 10. The fraction of sp³-hybridized carbons (Fsp3) is 0.360. The van der Waals surface area contributed by atoms with E-state index in [9.17, 15) is 9.90 Å². The zero-order chi connectivity index (χ0) is 24.8. The van der Waals surface area contributed by atoms with Crippen LogP contribution in [0.2, 0.25) is 0 Å². The van der Waals surface area contributed by atoms with E-state index in [-0.39, 0.29) is 0 Å². The number of oxazole rings is 1. The van der Waals surface area contributed by atoms with Crippen LogP contribution >= 0.6 is 23.1 Å². The van der Waals surface area contributed by atoms with Crippen LogP contribution < -0.4 is 5.32 Å². The fourth-order valence-corrected chi connectivity index (χ4v) is 5.67. The van der Waals surface area contributed by atoms with Crippen LogP contribution in [0.5, 0.6) is 0 Å². The maximum absolute atomic E-state index is 11.5. The van der Waals surface area contributed by atoms with Crippen molar-refractivity contribution in [2.75, 3.05) is 13.1 Å². The summed E-state index contributed by atoms with van der Waals surface area (Å²) in [6, 6.07) is 9.95. The second kappa shape index (κ2) is 11.1. The summed E-state index contributed by atoms with van der Waals surface area (Å²) in [5.74, 6) is 0.689. The molecule has 3 aromatic rings. The van der Waals surface area contributed by atoms with Gasteiger partial charge in [-0.15, -0.1) is 11.3 Å². The molecule has 0 bridgehead atoms. The summed E-state index contributed by atoms with van der Waals surface area (Å²) in [6.45, 7) is 7.36. The zero-order valence-electron chi connectivity index (χ0n) is 20.0. The number of hydrogen-bond acceptors (Lipinski definition) is 9. The third-order valence-electron chi connectivity index (χ3n) is 5.63. The molecule has 0 amide bonds. The van der Waals surface area contributed by atoms with E-state index in [0.29, 0.717) is 26.1 Å². The predicted molar refractivity (Wildman–Crippen MR) is 140 cm³/mol. The molecule has 1 aliphatic rings. The van der Waals surface area contributed by atoms with E-state index < -0.39 is 10.7 Å². The van der Waals surface area contributed by atoms with Crippen LogP contribution in [-0.4, -0.2) is 49.7 Å². The van der Waals surface area contributed by atoms with Gasteiger partial charge in [0.1, 0.15) is 10.4 Å². The van der Waals surface area contributed by atoms with Crippen molar-refractivity contribution < 1.29 is 14.3 Å². The van der Waals surface area contributed by atoms with Crippen molar-refractivity contribution in [2.24, 2.45) is 4.99 Å². The molecule has 10 heteroatoms. The van der Waals surface area contributed by atoms with Crippen LogP contribution in [0.25, 0.3) is 11.3 Å². The Morgan fingerprint density at radius 3 is 2.80 bits per heavy atom. The van der Waals surface area contributed by atoms with Gasteiger partial charge in [-0.3, -0.25) is 4.79 Å². The molecule has 0 radical (unpaired) electrons. The lowest BCUT2D eigenvalue weighted by Gasteiger charge is -2.27. The van der Waals surface area contributed by atoms with Crippen molar-refractivity contribution in [3.8, 4) is 11.3 Å². The number of thioether (sulfide) groups is 1. The van der Waals surface area contributed by atoms with Gasteiger partial charge in [0.2, 0.25) is 0 Å². The smallest absolute Gasteiger partial charge is 0.319 e. The van der Waals surface area contributed by atoms with Gasteiger partial charge in [-0.2, -0.15) is 0 Å². The Balaban J connectivity index is 1.50. The van der Waals surface area contributed by atoms with Crippen molar-refractivity contribution in [1.29, 1.82) is 0 Å². The molecule has 0 saturated heterocycles. The van der Waals surface area contributed by atoms with Crippen molar-refractivity contribution >= 4 is 35.0 Å². The third-order valence-corrected chi connectivity index (χ3v) is 7.81. The lowest BCUT2D eigenvalue weighted by molar-refractivity contribution is -0.138. The van der Waals surface area contributed by atoms with Crippen LogP contribution in [0.4, 0.5) is 0 Å². The van der Waals surface area contributed by atoms with Crippen LogP contribution in [0.3, 0.4) is 0 Å². The number of guanidine groups is 1. The molecule has 0 unspecified atom stereocenters. The number of benzene rings is 1. The summed E-state index contributed by atoms with van der Waals surface area (Å²) >= 11 is 2.75. The minimum atomic E-state index is -0.925. The highest BCUT2D eigenvalue weighted by Gasteiger charge is 2.30. The van der Waals surface area contributed by atoms with Gasteiger partial charge in [0.15, 0.2) is 22.5 Å². The van der Waals surface area contributed by atoms with Gasteiger partial charge < -0.3 is 19.7 Å². The number of aliphatic carboxylic acids is 1. The van der Waals surface area contributed by atoms with Crippen molar-refractivity contribution in [3.63, 3.8) is 0 Å². The average Bonchev–Trinajstić information content (AvgIpc) is 3.51. The molecule has 0 saturated carbocycles. The first-order valence-electron chi connectivity index (χ1n) is 11.4. The summed E-state index contributed by atoms with van der Waals surface area (Å²) in [4.78, 5) is 27.5. The minimum Gasteiger partial charge on any atom is -0.480 e. The van der Waals surface area contributed by atoms with Crippen molar-refractivity contribution in [2.45, 2.75) is 49.2 Å². The van der Waals surface area contributed by atoms with E-state index in [2.05, 4.69) is 27.1 Å². The quantitative estimate of drug-likeness (QED) is 0.365. The number of thiazole rings is 1. The molecule has 2 aromatic heterocycles. The summed E-state index contributed by atoms with van der Waals surface area (Å²) < 4.78 is 5.56. The maximum Gasteiger partial charge on any atom is 0.319 e. The van der Waals surface area contributed by atoms with Crippen LogP contribution in [0.15, 0.2) is 67.6 Å². The Labute approximate surface area is 213 Å². The van der Waals surface area contributed by atoms with E-state index >= 15 is 0 Å². The molecule has 0 atom stereocenters. The molecule has 4 rings (SSSR count). The van der Waals surface area contributed by atoms with Crippen LogP contribution in [0.1, 0.15) is 38.6 Å². The molecular weight excluding hydrogens is 482 g/mol.